The van der Waals surface area contributed by atoms with E-state index in [0.29, 0.717) is 0 Å². The molecule has 0 unspecified atom stereocenters. The van der Waals surface area contributed by atoms with Crippen LogP contribution in [0.15, 0.2) is 0 Å². The minimum Gasteiger partial charge on any atom is -0.303 e. The SMILES string of the molecule is CCN1CCC(NC2(C(F)(F)F)CC2)CC1. The quantitative estimate of drug-likeness (QED) is 0.807. The van der Waals surface area contributed by atoms with Crippen LogP contribution in [0.5, 0.6) is 0 Å². The van der Waals surface area contributed by atoms with E-state index in [1.807, 2.05) is 0 Å². The number of alkyl halides is 3. The minimum atomic E-state index is -4.07. The molecular weight excluding hydrogens is 217 g/mol. The van der Waals surface area contributed by atoms with Gasteiger partial charge in [0.05, 0.1) is 0 Å². The summed E-state index contributed by atoms with van der Waals surface area (Å²) in [6, 6.07) is 0.0481. The van der Waals surface area contributed by atoms with Crippen molar-refractivity contribution < 1.29 is 13.2 Å². The second kappa shape index (κ2) is 4.18. The van der Waals surface area contributed by atoms with Gasteiger partial charge in [-0.25, -0.2) is 0 Å². The van der Waals surface area contributed by atoms with Crippen molar-refractivity contribution in [2.75, 3.05) is 19.6 Å². The van der Waals surface area contributed by atoms with Gasteiger partial charge in [0.2, 0.25) is 0 Å². The van der Waals surface area contributed by atoms with Crippen molar-refractivity contribution in [1.29, 1.82) is 0 Å². The summed E-state index contributed by atoms with van der Waals surface area (Å²) in [5.74, 6) is 0. The van der Waals surface area contributed by atoms with E-state index in [1.54, 1.807) is 0 Å². The van der Waals surface area contributed by atoms with Crippen LogP contribution in [-0.2, 0) is 0 Å². The molecule has 1 aliphatic heterocycles. The molecule has 16 heavy (non-hydrogen) atoms. The van der Waals surface area contributed by atoms with Crippen molar-refractivity contribution in [3.63, 3.8) is 0 Å². The first kappa shape index (κ1) is 12.2. The first-order chi connectivity index (χ1) is 7.47. The highest BCUT2D eigenvalue weighted by atomic mass is 19.4. The number of rotatable bonds is 3. The summed E-state index contributed by atoms with van der Waals surface area (Å²) in [5.41, 5.74) is -1.54. The smallest absolute Gasteiger partial charge is 0.303 e. The van der Waals surface area contributed by atoms with Gasteiger partial charge in [0.25, 0.3) is 0 Å². The predicted octanol–water partition coefficient (Wildman–Crippen LogP) is 2.16. The van der Waals surface area contributed by atoms with Gasteiger partial charge in [0, 0.05) is 6.04 Å². The highest BCUT2D eigenvalue weighted by Crippen LogP contribution is 2.49. The van der Waals surface area contributed by atoms with Crippen LogP contribution in [0.3, 0.4) is 0 Å². The van der Waals surface area contributed by atoms with E-state index in [1.165, 1.54) is 0 Å². The molecule has 1 N–H and O–H groups in total. The Morgan fingerprint density at radius 2 is 1.81 bits per heavy atom. The number of halogens is 3. The van der Waals surface area contributed by atoms with Crippen LogP contribution in [0, 0.1) is 0 Å². The zero-order valence-electron chi connectivity index (χ0n) is 9.61. The standard InChI is InChI=1S/C11H19F3N2/c1-2-16-7-3-9(4-8-16)15-10(5-6-10)11(12,13)14/h9,15H,2-8H2,1H3. The lowest BCUT2D eigenvalue weighted by Crippen LogP contribution is -2.53. The van der Waals surface area contributed by atoms with Crippen LogP contribution >= 0.6 is 0 Å². The molecule has 0 amide bonds. The predicted molar refractivity (Wildman–Crippen MR) is 56.3 cm³/mol. The van der Waals surface area contributed by atoms with Gasteiger partial charge >= 0.3 is 6.18 Å². The van der Waals surface area contributed by atoms with Crippen LogP contribution in [0.4, 0.5) is 13.2 Å². The molecule has 5 heteroatoms. The molecule has 0 aromatic heterocycles. The molecule has 2 fully saturated rings. The fourth-order valence-corrected chi connectivity index (χ4v) is 2.42. The maximum absolute atomic E-state index is 12.7. The molecular formula is C11H19F3N2. The Morgan fingerprint density at radius 1 is 1.25 bits per heavy atom. The molecule has 1 saturated heterocycles. The lowest BCUT2D eigenvalue weighted by Gasteiger charge is -2.34. The van der Waals surface area contributed by atoms with E-state index < -0.39 is 11.7 Å². The zero-order valence-corrected chi connectivity index (χ0v) is 9.61. The first-order valence-corrected chi connectivity index (χ1v) is 6.04. The van der Waals surface area contributed by atoms with E-state index in [4.69, 9.17) is 0 Å². The van der Waals surface area contributed by atoms with Crippen LogP contribution in [0.2, 0.25) is 0 Å². The Bertz CT molecular complexity index is 240. The Hall–Kier alpha value is -0.290. The molecule has 2 nitrogen and oxygen atoms in total. The summed E-state index contributed by atoms with van der Waals surface area (Å²) in [5, 5.41) is 2.84. The second-order valence-electron chi connectivity index (χ2n) is 4.93. The maximum atomic E-state index is 12.7. The molecule has 1 saturated carbocycles. The Balaban J connectivity index is 1.83. The third kappa shape index (κ3) is 2.35. The average Bonchev–Trinajstić information content (AvgIpc) is 2.99. The number of hydrogen-bond donors (Lipinski definition) is 1. The molecule has 94 valence electrons. The molecule has 2 rings (SSSR count). The number of nitrogens with one attached hydrogen (secondary N) is 1. The lowest BCUT2D eigenvalue weighted by molar-refractivity contribution is -0.168. The van der Waals surface area contributed by atoms with Crippen molar-refractivity contribution in [1.82, 2.24) is 10.2 Å². The third-order valence-electron chi connectivity index (χ3n) is 3.81. The molecule has 1 aliphatic carbocycles. The maximum Gasteiger partial charge on any atom is 0.406 e. The fourth-order valence-electron chi connectivity index (χ4n) is 2.42. The average molecular weight is 236 g/mol. The van der Waals surface area contributed by atoms with E-state index in [0.717, 1.165) is 32.5 Å². The molecule has 0 atom stereocenters. The highest BCUT2D eigenvalue weighted by molar-refractivity contribution is 5.09. The molecule has 0 aromatic carbocycles. The number of nitrogens with zero attached hydrogens (tertiary/aromatic N) is 1. The van der Waals surface area contributed by atoms with Gasteiger partial charge in [-0.2, -0.15) is 13.2 Å². The highest BCUT2D eigenvalue weighted by Gasteiger charge is 2.63. The Kier molecular flexibility index (Phi) is 3.18. The van der Waals surface area contributed by atoms with Crippen LogP contribution in [0.25, 0.3) is 0 Å². The number of likely N-dealkylation sites (tertiary alicyclic amines) is 1. The van der Waals surface area contributed by atoms with Crippen LogP contribution in [-0.4, -0.2) is 42.3 Å². The van der Waals surface area contributed by atoms with Crippen molar-refractivity contribution in [2.45, 2.75) is 50.4 Å². The van der Waals surface area contributed by atoms with E-state index in [-0.39, 0.29) is 18.9 Å². The summed E-state index contributed by atoms with van der Waals surface area (Å²) in [4.78, 5) is 2.28. The van der Waals surface area contributed by atoms with Crippen molar-refractivity contribution >= 4 is 0 Å². The largest absolute Gasteiger partial charge is 0.406 e. The lowest BCUT2D eigenvalue weighted by atomic mass is 10.0. The van der Waals surface area contributed by atoms with Gasteiger partial charge in [-0.15, -0.1) is 0 Å². The Labute approximate surface area is 94.2 Å². The summed E-state index contributed by atoms with van der Waals surface area (Å²) < 4.78 is 38.2. The minimum absolute atomic E-state index is 0.0481. The monoisotopic (exact) mass is 236 g/mol. The molecule has 0 aromatic rings. The first-order valence-electron chi connectivity index (χ1n) is 6.04. The van der Waals surface area contributed by atoms with E-state index >= 15 is 0 Å². The molecule has 0 spiro atoms. The van der Waals surface area contributed by atoms with Crippen molar-refractivity contribution in [2.24, 2.45) is 0 Å². The Morgan fingerprint density at radius 3 is 2.19 bits per heavy atom. The third-order valence-corrected chi connectivity index (χ3v) is 3.81. The summed E-state index contributed by atoms with van der Waals surface area (Å²) >= 11 is 0. The molecule has 2 aliphatic rings. The van der Waals surface area contributed by atoms with Crippen molar-refractivity contribution in [3.05, 3.63) is 0 Å². The van der Waals surface area contributed by atoms with E-state index in [9.17, 15) is 13.2 Å². The normalized spacial score (nSPS) is 27.0. The van der Waals surface area contributed by atoms with E-state index in [2.05, 4.69) is 17.1 Å². The summed E-state index contributed by atoms with van der Waals surface area (Å²) in [7, 11) is 0. The van der Waals surface area contributed by atoms with Gasteiger partial charge in [0.15, 0.2) is 0 Å². The van der Waals surface area contributed by atoms with Gasteiger partial charge < -0.3 is 10.2 Å². The van der Waals surface area contributed by atoms with Gasteiger partial charge in [-0.3, -0.25) is 0 Å². The fraction of sp³-hybridized carbons (Fsp3) is 1.00. The van der Waals surface area contributed by atoms with Crippen molar-refractivity contribution in [3.8, 4) is 0 Å². The van der Waals surface area contributed by atoms with Crippen LogP contribution < -0.4 is 5.32 Å². The number of hydrogen-bond acceptors (Lipinski definition) is 2. The zero-order chi connectivity index (χ0) is 11.8. The topological polar surface area (TPSA) is 15.3 Å². The number of piperidine rings is 1. The van der Waals surface area contributed by atoms with Crippen LogP contribution in [0.1, 0.15) is 32.6 Å². The van der Waals surface area contributed by atoms with Gasteiger partial charge in [0.1, 0.15) is 5.54 Å². The van der Waals surface area contributed by atoms with Gasteiger partial charge in [-0.1, -0.05) is 6.92 Å². The summed E-state index contributed by atoms with van der Waals surface area (Å²) in [6.07, 6.45) is -1.89. The molecule has 0 radical (unpaired) electrons. The second-order valence-corrected chi connectivity index (χ2v) is 4.93. The molecule has 0 bridgehead atoms. The summed E-state index contributed by atoms with van der Waals surface area (Å²) in [6.45, 7) is 4.92. The molecule has 1 heterocycles. The van der Waals surface area contributed by atoms with Gasteiger partial charge in [-0.05, 0) is 45.3 Å².